The molecule has 1 amide bonds. The molecular weight excluding hydrogens is 423 g/mol. The topological polar surface area (TPSA) is 135 Å². The highest BCUT2D eigenvalue weighted by atomic mass is 19.1. The first kappa shape index (κ1) is 21.8. The van der Waals surface area contributed by atoms with E-state index in [1.54, 1.807) is 19.1 Å². The summed E-state index contributed by atoms with van der Waals surface area (Å²) in [5.41, 5.74) is 9.76. The van der Waals surface area contributed by atoms with Gasteiger partial charge in [0.1, 0.15) is 35.7 Å². The molecule has 0 unspecified atom stereocenters. The lowest BCUT2D eigenvalue weighted by Crippen LogP contribution is -2.25. The fraction of sp³-hybridized carbons (Fsp3) is 0.130. The number of amides is 1. The van der Waals surface area contributed by atoms with Crippen LogP contribution >= 0.6 is 0 Å². The second kappa shape index (κ2) is 9.77. The van der Waals surface area contributed by atoms with Crippen LogP contribution in [0.3, 0.4) is 0 Å². The van der Waals surface area contributed by atoms with E-state index in [9.17, 15) is 9.18 Å². The number of hydrogen-bond donors (Lipinski definition) is 3. The zero-order valence-electron chi connectivity index (χ0n) is 17.8. The molecule has 0 saturated heterocycles. The number of H-pyrrole nitrogens is 1. The van der Waals surface area contributed by atoms with E-state index in [2.05, 4.69) is 35.5 Å². The number of nitrogens with one attached hydrogen (secondary N) is 2. The number of carbonyl (C=O) groups is 1. The lowest BCUT2D eigenvalue weighted by atomic mass is 10.1. The molecule has 2 aromatic heterocycles. The molecule has 4 rings (SSSR count). The Kier molecular flexibility index (Phi) is 6.44. The number of aromatic nitrogens is 5. The van der Waals surface area contributed by atoms with Crippen LogP contribution in [0.15, 0.2) is 66.2 Å². The number of nitrogens with two attached hydrogens (primary N) is 1. The number of rotatable bonds is 7. The summed E-state index contributed by atoms with van der Waals surface area (Å²) < 4.78 is 13.4. The third kappa shape index (κ3) is 5.42. The van der Waals surface area contributed by atoms with Crippen molar-refractivity contribution in [2.75, 3.05) is 0 Å². The van der Waals surface area contributed by atoms with Crippen molar-refractivity contribution in [2.45, 2.75) is 20.0 Å². The van der Waals surface area contributed by atoms with Gasteiger partial charge in [0, 0.05) is 12.1 Å². The molecule has 0 spiro atoms. The molecule has 0 saturated carbocycles. The monoisotopic (exact) mass is 444 g/mol. The SMILES string of the molecule is Cc1cc(CNC(=O)c2cc(C(N)=NCc3ccc(-c4ncn[nH]4)cc3)ncn2)ccc1F. The molecule has 2 aromatic carbocycles. The van der Waals surface area contributed by atoms with Crippen LogP contribution < -0.4 is 11.1 Å². The average Bonchev–Trinajstić information content (AvgIpc) is 3.38. The first-order valence-electron chi connectivity index (χ1n) is 10.1. The third-order valence-electron chi connectivity index (χ3n) is 4.91. The van der Waals surface area contributed by atoms with Gasteiger partial charge >= 0.3 is 0 Å². The standard InChI is InChI=1S/C23H21FN8O/c1-14-8-16(4-7-18(14)24)11-27-23(33)20-9-19(28-12-29-20)21(25)26-10-15-2-5-17(6-3-15)22-30-13-31-32-22/h2-9,12-13H,10-11H2,1H3,(H2,25,26)(H,27,33)(H,30,31,32). The van der Waals surface area contributed by atoms with Crippen molar-refractivity contribution in [3.8, 4) is 11.4 Å². The Morgan fingerprint density at radius 2 is 1.79 bits per heavy atom. The van der Waals surface area contributed by atoms with Crippen molar-refractivity contribution in [1.82, 2.24) is 30.5 Å². The number of aliphatic imine (C=N–C) groups is 1. The van der Waals surface area contributed by atoms with Gasteiger partial charge in [0.25, 0.3) is 5.91 Å². The summed E-state index contributed by atoms with van der Waals surface area (Å²) in [5.74, 6) is 0.202. The second-order valence-corrected chi connectivity index (χ2v) is 7.29. The molecule has 0 aliphatic heterocycles. The second-order valence-electron chi connectivity index (χ2n) is 7.29. The molecule has 10 heteroatoms. The molecular formula is C23H21FN8O. The summed E-state index contributed by atoms with van der Waals surface area (Å²) in [6.07, 6.45) is 2.72. The lowest BCUT2D eigenvalue weighted by Gasteiger charge is -2.07. The summed E-state index contributed by atoms with van der Waals surface area (Å²) in [5, 5.41) is 9.41. The maximum atomic E-state index is 13.4. The summed E-state index contributed by atoms with van der Waals surface area (Å²) in [6, 6.07) is 13.8. The molecule has 2 heterocycles. The summed E-state index contributed by atoms with van der Waals surface area (Å²) in [6.45, 7) is 2.26. The van der Waals surface area contributed by atoms with Crippen LogP contribution in [0.1, 0.15) is 32.9 Å². The normalized spacial score (nSPS) is 11.4. The van der Waals surface area contributed by atoms with Gasteiger partial charge in [-0.05, 0) is 35.7 Å². The van der Waals surface area contributed by atoms with Crippen LogP contribution in [-0.2, 0) is 13.1 Å². The van der Waals surface area contributed by atoms with Crippen LogP contribution in [0.2, 0.25) is 0 Å². The number of hydrogen-bond acceptors (Lipinski definition) is 6. The van der Waals surface area contributed by atoms with E-state index in [0.717, 1.165) is 16.7 Å². The maximum Gasteiger partial charge on any atom is 0.270 e. The quantitative estimate of drug-likeness (QED) is 0.296. The Balaban J connectivity index is 1.39. The molecule has 4 N–H and O–H groups in total. The zero-order chi connectivity index (χ0) is 23.2. The highest BCUT2D eigenvalue weighted by molar-refractivity contribution is 5.99. The minimum atomic E-state index is -0.392. The van der Waals surface area contributed by atoms with E-state index < -0.39 is 5.91 Å². The average molecular weight is 444 g/mol. The third-order valence-corrected chi connectivity index (χ3v) is 4.91. The number of nitrogens with zero attached hydrogens (tertiary/aromatic N) is 5. The molecule has 4 aromatic rings. The van der Waals surface area contributed by atoms with Gasteiger partial charge < -0.3 is 11.1 Å². The van der Waals surface area contributed by atoms with Crippen LogP contribution in [0.25, 0.3) is 11.4 Å². The van der Waals surface area contributed by atoms with Gasteiger partial charge in [0.15, 0.2) is 5.82 Å². The van der Waals surface area contributed by atoms with E-state index in [0.29, 0.717) is 23.6 Å². The van der Waals surface area contributed by atoms with Crippen molar-refractivity contribution in [2.24, 2.45) is 10.7 Å². The Bertz CT molecular complexity index is 1290. The summed E-state index contributed by atoms with van der Waals surface area (Å²) in [7, 11) is 0. The van der Waals surface area contributed by atoms with Crippen LogP contribution in [0.5, 0.6) is 0 Å². The van der Waals surface area contributed by atoms with E-state index in [-0.39, 0.29) is 23.9 Å². The number of aromatic amines is 1. The van der Waals surface area contributed by atoms with Gasteiger partial charge in [-0.1, -0.05) is 36.4 Å². The van der Waals surface area contributed by atoms with Crippen LogP contribution in [0, 0.1) is 12.7 Å². The van der Waals surface area contributed by atoms with E-state index >= 15 is 0 Å². The van der Waals surface area contributed by atoms with E-state index in [1.807, 2.05) is 24.3 Å². The van der Waals surface area contributed by atoms with Gasteiger partial charge in [-0.15, -0.1) is 0 Å². The van der Waals surface area contributed by atoms with Crippen molar-refractivity contribution >= 4 is 11.7 Å². The lowest BCUT2D eigenvalue weighted by molar-refractivity contribution is 0.0945. The van der Waals surface area contributed by atoms with Crippen LogP contribution in [-0.4, -0.2) is 36.9 Å². The molecule has 0 aliphatic carbocycles. The molecule has 0 atom stereocenters. The van der Waals surface area contributed by atoms with E-state index in [4.69, 9.17) is 5.73 Å². The van der Waals surface area contributed by atoms with Gasteiger partial charge in [-0.2, -0.15) is 5.10 Å². The highest BCUT2D eigenvalue weighted by Gasteiger charge is 2.11. The number of benzene rings is 2. The first-order valence-corrected chi connectivity index (χ1v) is 10.1. The maximum absolute atomic E-state index is 13.4. The minimum absolute atomic E-state index is 0.161. The molecule has 0 aliphatic rings. The molecule has 33 heavy (non-hydrogen) atoms. The Morgan fingerprint density at radius 1 is 1.03 bits per heavy atom. The molecule has 0 radical (unpaired) electrons. The van der Waals surface area contributed by atoms with Gasteiger partial charge in [0.2, 0.25) is 0 Å². The number of carbonyl (C=O) groups excluding carboxylic acids is 1. The van der Waals surface area contributed by atoms with Crippen molar-refractivity contribution in [3.05, 3.63) is 95.1 Å². The predicted octanol–water partition coefficient (Wildman–Crippen LogP) is 2.54. The number of halogens is 1. The Labute approximate surface area is 189 Å². The highest BCUT2D eigenvalue weighted by Crippen LogP contribution is 2.15. The van der Waals surface area contributed by atoms with Crippen molar-refractivity contribution in [3.63, 3.8) is 0 Å². The predicted molar refractivity (Wildman–Crippen MR) is 121 cm³/mol. The molecule has 0 fully saturated rings. The molecule has 9 nitrogen and oxygen atoms in total. The smallest absolute Gasteiger partial charge is 0.270 e. The number of amidine groups is 1. The van der Waals surface area contributed by atoms with Crippen molar-refractivity contribution < 1.29 is 9.18 Å². The molecule has 0 bridgehead atoms. The Morgan fingerprint density at radius 3 is 2.52 bits per heavy atom. The number of aryl methyl sites for hydroxylation is 1. The first-order chi connectivity index (χ1) is 16.0. The van der Waals surface area contributed by atoms with Gasteiger partial charge in [-0.3, -0.25) is 14.9 Å². The fourth-order valence-corrected chi connectivity index (χ4v) is 3.08. The summed E-state index contributed by atoms with van der Waals surface area (Å²) >= 11 is 0. The van der Waals surface area contributed by atoms with Gasteiger partial charge in [-0.25, -0.2) is 19.3 Å². The largest absolute Gasteiger partial charge is 0.382 e. The minimum Gasteiger partial charge on any atom is -0.382 e. The Hall–Kier alpha value is -4.47. The van der Waals surface area contributed by atoms with Gasteiger partial charge in [0.05, 0.1) is 6.54 Å². The van der Waals surface area contributed by atoms with Crippen molar-refractivity contribution in [1.29, 1.82) is 0 Å². The zero-order valence-corrected chi connectivity index (χ0v) is 17.8. The fourth-order valence-electron chi connectivity index (χ4n) is 3.08. The van der Waals surface area contributed by atoms with Crippen LogP contribution in [0.4, 0.5) is 4.39 Å². The van der Waals surface area contributed by atoms with E-state index in [1.165, 1.54) is 24.8 Å². The summed E-state index contributed by atoms with van der Waals surface area (Å²) in [4.78, 5) is 29.1. The molecule has 166 valence electrons.